The molecule has 0 bridgehead atoms. The van der Waals surface area contributed by atoms with Crippen LogP contribution in [0.1, 0.15) is 69.4 Å². The van der Waals surface area contributed by atoms with Crippen LogP contribution in [-0.4, -0.2) is 15.2 Å². The number of aliphatic hydroxyl groups is 1. The third kappa shape index (κ3) is 6.11. The van der Waals surface area contributed by atoms with Crippen molar-refractivity contribution in [1.29, 1.82) is 0 Å². The average Bonchev–Trinajstić information content (AvgIpc) is 2.94. The van der Waals surface area contributed by atoms with E-state index in [-0.39, 0.29) is 0 Å². The van der Waals surface area contributed by atoms with Gasteiger partial charge in [-0.25, -0.2) is 4.98 Å². The molecule has 1 aromatic carbocycles. The molecule has 2 N–H and O–H groups in total. The van der Waals surface area contributed by atoms with Gasteiger partial charge in [0.25, 0.3) is 0 Å². The molecule has 2 aromatic rings. The molecular weight excluding hydrogens is 302 g/mol. The van der Waals surface area contributed by atoms with E-state index in [2.05, 4.69) is 18.8 Å². The van der Waals surface area contributed by atoms with Crippen molar-refractivity contribution in [2.45, 2.75) is 59.8 Å². The van der Waals surface area contributed by atoms with Gasteiger partial charge < -0.3 is 14.6 Å². The fraction of sp³-hybridized carbons (Fsp3) is 0.450. The number of hydrogen-bond acceptors (Lipinski definition) is 4. The predicted molar refractivity (Wildman–Crippen MR) is 98.3 cm³/mol. The molecule has 0 fully saturated rings. The van der Waals surface area contributed by atoms with Crippen molar-refractivity contribution in [3.63, 3.8) is 0 Å². The molecule has 4 nitrogen and oxygen atoms in total. The summed E-state index contributed by atoms with van der Waals surface area (Å²) in [5.74, 6) is 2.59. The number of phenols is 1. The van der Waals surface area contributed by atoms with E-state index in [1.165, 1.54) is 5.56 Å². The number of aromatic nitrogens is 1. The molecule has 4 heteroatoms. The zero-order valence-electron chi connectivity index (χ0n) is 15.3. The summed E-state index contributed by atoms with van der Waals surface area (Å²) in [6.45, 7) is 10.1. The number of oxazole rings is 1. The number of aromatic hydroxyl groups is 1. The second-order valence-electron chi connectivity index (χ2n) is 5.79. The molecule has 0 amide bonds. The Balaban J connectivity index is 0.000000243. The van der Waals surface area contributed by atoms with Gasteiger partial charge in [0.05, 0.1) is 11.5 Å². The van der Waals surface area contributed by atoms with Crippen LogP contribution < -0.4 is 0 Å². The minimum absolute atomic E-state index is 0.325. The number of hydrogen-bond donors (Lipinski definition) is 2. The second kappa shape index (κ2) is 9.81. The first-order chi connectivity index (χ1) is 11.4. The zero-order valence-corrected chi connectivity index (χ0v) is 15.3. The monoisotopic (exact) mass is 331 g/mol. The van der Waals surface area contributed by atoms with Crippen molar-refractivity contribution in [3.05, 3.63) is 52.9 Å². The van der Waals surface area contributed by atoms with Gasteiger partial charge in [0.1, 0.15) is 5.75 Å². The molecular formula is C20H29NO3. The largest absolute Gasteiger partial charge is 0.512 e. The number of phenolic OH excluding ortho intramolecular Hbond substituents is 1. The number of rotatable bonds is 5. The maximum atomic E-state index is 9.31. The number of benzene rings is 1. The normalized spacial score (nSPS) is 12.5. The number of nitrogens with zero attached hydrogens (tertiary/aromatic N) is 1. The standard InChI is InChI=1S/C10H15NO2.C10H14O/c1-4-8(12)6-10-9(5-2)11-7(3)13-10;1-3-8(2)9-4-6-10(11)7-5-9/h6,12H,4-5H2,1-3H3;4-8,11H,3H2,1-2H3/b8-6+;. The Kier molecular flexibility index (Phi) is 8.10. The van der Waals surface area contributed by atoms with Crippen LogP contribution in [0.4, 0.5) is 0 Å². The molecule has 1 unspecified atom stereocenters. The third-order valence-corrected chi connectivity index (χ3v) is 3.90. The van der Waals surface area contributed by atoms with Crippen molar-refractivity contribution in [3.8, 4) is 5.75 Å². The summed E-state index contributed by atoms with van der Waals surface area (Å²) in [6, 6.07) is 7.43. The van der Waals surface area contributed by atoms with Gasteiger partial charge in [0.2, 0.25) is 0 Å². The Bertz CT molecular complexity index is 641. The zero-order chi connectivity index (χ0) is 18.1. The predicted octanol–water partition coefficient (Wildman–Crippen LogP) is 5.76. The summed E-state index contributed by atoms with van der Waals surface area (Å²) in [6.07, 6.45) is 4.21. The average molecular weight is 331 g/mol. The summed E-state index contributed by atoms with van der Waals surface area (Å²) < 4.78 is 5.33. The van der Waals surface area contributed by atoms with Crippen molar-refractivity contribution >= 4 is 6.08 Å². The van der Waals surface area contributed by atoms with Gasteiger partial charge >= 0.3 is 0 Å². The second-order valence-corrected chi connectivity index (χ2v) is 5.79. The van der Waals surface area contributed by atoms with Crippen LogP contribution in [0, 0.1) is 6.92 Å². The van der Waals surface area contributed by atoms with Crippen molar-refractivity contribution in [2.75, 3.05) is 0 Å². The smallest absolute Gasteiger partial charge is 0.192 e. The van der Waals surface area contributed by atoms with Gasteiger partial charge in [-0.1, -0.05) is 39.8 Å². The fourth-order valence-corrected chi connectivity index (χ4v) is 2.14. The molecule has 1 heterocycles. The summed E-state index contributed by atoms with van der Waals surface area (Å²) in [4.78, 5) is 4.19. The van der Waals surface area contributed by atoms with Crippen LogP contribution in [-0.2, 0) is 6.42 Å². The van der Waals surface area contributed by atoms with Crippen LogP contribution in [0.5, 0.6) is 5.75 Å². The van der Waals surface area contributed by atoms with Gasteiger partial charge in [-0.05, 0) is 36.5 Å². The Morgan fingerprint density at radius 2 is 1.83 bits per heavy atom. The Hall–Kier alpha value is -2.23. The number of aliphatic hydroxyl groups excluding tert-OH is 1. The lowest BCUT2D eigenvalue weighted by Crippen LogP contribution is -1.89. The third-order valence-electron chi connectivity index (χ3n) is 3.90. The lowest BCUT2D eigenvalue weighted by atomic mass is 9.99. The van der Waals surface area contributed by atoms with Crippen LogP contribution in [0.3, 0.4) is 0 Å². The van der Waals surface area contributed by atoms with E-state index in [0.717, 1.165) is 18.5 Å². The van der Waals surface area contributed by atoms with Crippen LogP contribution >= 0.6 is 0 Å². The minimum Gasteiger partial charge on any atom is -0.512 e. The van der Waals surface area contributed by atoms with Crippen molar-refractivity contribution in [2.24, 2.45) is 0 Å². The quantitative estimate of drug-likeness (QED) is 0.684. The molecule has 0 aliphatic carbocycles. The molecule has 132 valence electrons. The Morgan fingerprint density at radius 1 is 1.21 bits per heavy atom. The molecule has 0 saturated carbocycles. The SMILES string of the molecule is CC/C(O)=C\c1oc(C)nc1CC.CCC(C)c1ccc(O)cc1. The molecule has 1 atom stereocenters. The van der Waals surface area contributed by atoms with Crippen molar-refractivity contribution in [1.82, 2.24) is 4.98 Å². The lowest BCUT2D eigenvalue weighted by molar-refractivity contribution is 0.397. The van der Waals surface area contributed by atoms with Gasteiger partial charge in [0.15, 0.2) is 11.7 Å². The summed E-state index contributed by atoms with van der Waals surface area (Å²) in [5.41, 5.74) is 2.20. The maximum Gasteiger partial charge on any atom is 0.192 e. The Labute approximate surface area is 144 Å². The maximum absolute atomic E-state index is 9.31. The molecule has 24 heavy (non-hydrogen) atoms. The molecule has 0 spiro atoms. The Morgan fingerprint density at radius 3 is 2.33 bits per heavy atom. The van der Waals surface area contributed by atoms with E-state index >= 15 is 0 Å². The fourth-order valence-electron chi connectivity index (χ4n) is 2.14. The number of allylic oxidation sites excluding steroid dienone is 1. The summed E-state index contributed by atoms with van der Waals surface area (Å²) >= 11 is 0. The van der Waals surface area contributed by atoms with E-state index in [4.69, 9.17) is 9.52 Å². The van der Waals surface area contributed by atoms with Gasteiger partial charge in [-0.3, -0.25) is 0 Å². The van der Waals surface area contributed by atoms with Crippen LogP contribution in [0.15, 0.2) is 34.4 Å². The highest BCUT2D eigenvalue weighted by atomic mass is 16.4. The van der Waals surface area contributed by atoms with E-state index in [1.807, 2.05) is 26.0 Å². The van der Waals surface area contributed by atoms with Crippen molar-refractivity contribution < 1.29 is 14.6 Å². The van der Waals surface area contributed by atoms with Crippen LogP contribution in [0.2, 0.25) is 0 Å². The first-order valence-electron chi connectivity index (χ1n) is 8.55. The molecule has 0 aliphatic heterocycles. The molecule has 0 radical (unpaired) electrons. The van der Waals surface area contributed by atoms with Gasteiger partial charge in [0, 0.05) is 19.4 Å². The molecule has 2 rings (SSSR count). The first-order valence-corrected chi connectivity index (χ1v) is 8.55. The molecule has 0 saturated heterocycles. The molecule has 0 aliphatic rings. The highest BCUT2D eigenvalue weighted by Crippen LogP contribution is 2.20. The first kappa shape index (κ1) is 19.8. The molecule has 1 aromatic heterocycles. The van der Waals surface area contributed by atoms with Crippen LogP contribution in [0.25, 0.3) is 6.08 Å². The van der Waals surface area contributed by atoms with Gasteiger partial charge in [-0.2, -0.15) is 0 Å². The highest BCUT2D eigenvalue weighted by Gasteiger charge is 2.06. The minimum atomic E-state index is 0.325. The van der Waals surface area contributed by atoms with Gasteiger partial charge in [-0.15, -0.1) is 0 Å². The summed E-state index contributed by atoms with van der Waals surface area (Å²) in [5, 5.41) is 18.3. The lowest BCUT2D eigenvalue weighted by Gasteiger charge is -2.07. The van der Waals surface area contributed by atoms with E-state index in [9.17, 15) is 5.11 Å². The topological polar surface area (TPSA) is 66.5 Å². The summed E-state index contributed by atoms with van der Waals surface area (Å²) in [7, 11) is 0. The van der Waals surface area contributed by atoms with E-state index < -0.39 is 0 Å². The van der Waals surface area contributed by atoms with E-state index in [0.29, 0.717) is 35.5 Å². The number of aryl methyl sites for hydroxylation is 2. The van der Waals surface area contributed by atoms with E-state index in [1.54, 1.807) is 25.1 Å². The highest BCUT2D eigenvalue weighted by molar-refractivity contribution is 5.47.